The average Bonchev–Trinajstić information content (AvgIpc) is 2.50. The summed E-state index contributed by atoms with van der Waals surface area (Å²) in [7, 11) is 0. The molecule has 0 bridgehead atoms. The topological polar surface area (TPSA) is 33.0 Å². The van der Waals surface area contributed by atoms with Gasteiger partial charge in [0, 0.05) is 22.3 Å². The van der Waals surface area contributed by atoms with Crippen LogP contribution in [0.15, 0.2) is 36.7 Å². The predicted molar refractivity (Wildman–Crippen MR) is 88.1 cm³/mol. The molecule has 0 aliphatic heterocycles. The van der Waals surface area contributed by atoms with Crippen LogP contribution < -0.4 is 9.88 Å². The summed E-state index contributed by atoms with van der Waals surface area (Å²) in [5, 5.41) is 3.63. The molecule has 0 unspecified atom stereocenters. The molecular weight excluding hydrogens is 296 g/mol. The second-order valence-corrected chi connectivity index (χ2v) is 6.32. The van der Waals surface area contributed by atoms with Gasteiger partial charge >= 0.3 is 0 Å². The summed E-state index contributed by atoms with van der Waals surface area (Å²) in [6, 6.07) is 7.63. The highest BCUT2D eigenvalue weighted by Crippen LogP contribution is 2.20. The number of anilines is 1. The Morgan fingerprint density at radius 2 is 2.00 bits per heavy atom. The van der Waals surface area contributed by atoms with Gasteiger partial charge in [0.25, 0.3) is 5.91 Å². The molecule has 0 saturated heterocycles. The number of nitrogens with one attached hydrogen (secondary N) is 1. The molecule has 4 heteroatoms. The van der Waals surface area contributed by atoms with Crippen LogP contribution in [0.2, 0.25) is 5.02 Å². The number of carbonyl (C=O) groups excluding carboxylic acids is 1. The Labute approximate surface area is 135 Å². The molecule has 3 nitrogen and oxygen atoms in total. The molecule has 3 rings (SSSR count). The van der Waals surface area contributed by atoms with Gasteiger partial charge < -0.3 is 5.32 Å². The highest BCUT2D eigenvalue weighted by Gasteiger charge is 2.16. The van der Waals surface area contributed by atoms with Gasteiger partial charge in [-0.05, 0) is 61.9 Å². The first-order valence-corrected chi connectivity index (χ1v) is 8.06. The fourth-order valence-electron chi connectivity index (χ4n) is 2.94. The van der Waals surface area contributed by atoms with Gasteiger partial charge in [-0.25, -0.2) is 0 Å². The number of nitrogens with zero attached hydrogens (tertiary/aromatic N) is 1. The minimum Gasteiger partial charge on any atom is -0.320 e. The van der Waals surface area contributed by atoms with E-state index in [0.717, 1.165) is 24.1 Å². The molecule has 22 heavy (non-hydrogen) atoms. The third-order valence-electron chi connectivity index (χ3n) is 4.13. The SMILES string of the molecule is Cc1cc(Cl)ccc1NC(=O)C[n+]1ccc2c(c1)CCCC2. The molecule has 2 aromatic rings. The lowest BCUT2D eigenvalue weighted by atomic mass is 9.93. The van der Waals surface area contributed by atoms with Crippen LogP contribution in [-0.4, -0.2) is 5.91 Å². The van der Waals surface area contributed by atoms with Crippen molar-refractivity contribution in [3.8, 4) is 0 Å². The first-order valence-electron chi connectivity index (χ1n) is 7.69. The van der Waals surface area contributed by atoms with Crippen LogP contribution >= 0.6 is 11.6 Å². The van der Waals surface area contributed by atoms with Crippen LogP contribution in [0.25, 0.3) is 0 Å². The number of fused-ring (bicyclic) bond motifs is 1. The third-order valence-corrected chi connectivity index (χ3v) is 4.37. The summed E-state index contributed by atoms with van der Waals surface area (Å²) in [6.45, 7) is 2.27. The van der Waals surface area contributed by atoms with Gasteiger partial charge in [0.05, 0.1) is 0 Å². The van der Waals surface area contributed by atoms with E-state index in [-0.39, 0.29) is 5.91 Å². The van der Waals surface area contributed by atoms with Gasteiger partial charge in [0.2, 0.25) is 6.54 Å². The monoisotopic (exact) mass is 315 g/mol. The number of carbonyl (C=O) groups is 1. The Kier molecular flexibility index (Phi) is 4.44. The van der Waals surface area contributed by atoms with Crippen molar-refractivity contribution >= 4 is 23.2 Å². The first-order chi connectivity index (χ1) is 10.6. The molecule has 0 atom stereocenters. The third kappa shape index (κ3) is 3.47. The van der Waals surface area contributed by atoms with Crippen LogP contribution in [0.5, 0.6) is 0 Å². The normalized spacial score (nSPS) is 13.5. The zero-order valence-corrected chi connectivity index (χ0v) is 13.5. The van der Waals surface area contributed by atoms with E-state index in [1.807, 2.05) is 29.8 Å². The maximum absolute atomic E-state index is 12.2. The number of pyridine rings is 1. The standard InChI is InChI=1S/C18H19ClN2O/c1-13-10-16(19)6-7-17(13)20-18(22)12-21-9-8-14-4-2-3-5-15(14)11-21/h6-11H,2-5,12H2,1H3/p+1. The van der Waals surface area contributed by atoms with Crippen molar-refractivity contribution in [2.24, 2.45) is 0 Å². The summed E-state index contributed by atoms with van der Waals surface area (Å²) >= 11 is 5.93. The molecule has 1 aliphatic carbocycles. The summed E-state index contributed by atoms with van der Waals surface area (Å²) < 4.78 is 1.96. The van der Waals surface area contributed by atoms with Gasteiger partial charge in [-0.2, -0.15) is 4.57 Å². The number of aryl methyl sites for hydroxylation is 3. The number of aromatic nitrogens is 1. The quantitative estimate of drug-likeness (QED) is 0.865. The number of rotatable bonds is 3. The minimum absolute atomic E-state index is 0.0221. The zero-order chi connectivity index (χ0) is 15.5. The predicted octanol–water partition coefficient (Wildman–Crippen LogP) is 3.45. The van der Waals surface area contributed by atoms with Crippen LogP contribution in [0, 0.1) is 6.92 Å². The molecule has 1 amide bonds. The fraction of sp³-hybridized carbons (Fsp3) is 0.333. The Morgan fingerprint density at radius 1 is 1.23 bits per heavy atom. The Bertz CT molecular complexity index is 712. The number of benzene rings is 1. The maximum atomic E-state index is 12.2. The minimum atomic E-state index is -0.0221. The second-order valence-electron chi connectivity index (χ2n) is 5.88. The summed E-state index contributed by atoms with van der Waals surface area (Å²) in [5.74, 6) is -0.0221. The van der Waals surface area contributed by atoms with Crippen LogP contribution in [0.4, 0.5) is 5.69 Å². The lowest BCUT2D eigenvalue weighted by Crippen LogP contribution is -2.40. The van der Waals surface area contributed by atoms with Crippen molar-refractivity contribution in [2.75, 3.05) is 5.32 Å². The highest BCUT2D eigenvalue weighted by atomic mass is 35.5. The van der Waals surface area contributed by atoms with Gasteiger partial charge in [-0.15, -0.1) is 0 Å². The zero-order valence-electron chi connectivity index (χ0n) is 12.7. The first kappa shape index (κ1) is 15.0. The molecule has 1 N–H and O–H groups in total. The molecule has 1 aromatic carbocycles. The highest BCUT2D eigenvalue weighted by molar-refractivity contribution is 6.30. The van der Waals surface area contributed by atoms with Gasteiger partial charge in [-0.3, -0.25) is 4.79 Å². The number of halogens is 1. The van der Waals surface area contributed by atoms with E-state index >= 15 is 0 Å². The fourth-order valence-corrected chi connectivity index (χ4v) is 3.17. The largest absolute Gasteiger partial charge is 0.320 e. The van der Waals surface area contributed by atoms with E-state index < -0.39 is 0 Å². The summed E-state index contributed by atoms with van der Waals surface area (Å²) in [4.78, 5) is 12.2. The van der Waals surface area contributed by atoms with Crippen LogP contribution in [0.3, 0.4) is 0 Å². The van der Waals surface area contributed by atoms with Crippen molar-refractivity contribution in [3.05, 3.63) is 58.4 Å². The van der Waals surface area contributed by atoms with Gasteiger partial charge in [-0.1, -0.05) is 11.6 Å². The van der Waals surface area contributed by atoms with E-state index in [1.54, 1.807) is 6.07 Å². The molecule has 0 radical (unpaired) electrons. The van der Waals surface area contributed by atoms with Crippen LogP contribution in [-0.2, 0) is 24.2 Å². The molecule has 1 heterocycles. The molecule has 0 fully saturated rings. The van der Waals surface area contributed by atoms with E-state index in [2.05, 4.69) is 17.6 Å². The molecule has 1 aromatic heterocycles. The second kappa shape index (κ2) is 6.49. The van der Waals surface area contributed by atoms with E-state index in [4.69, 9.17) is 11.6 Å². The Morgan fingerprint density at radius 3 is 2.77 bits per heavy atom. The number of hydrogen-bond acceptors (Lipinski definition) is 1. The smallest absolute Gasteiger partial charge is 0.290 e. The molecule has 0 saturated carbocycles. The summed E-state index contributed by atoms with van der Waals surface area (Å²) in [5.41, 5.74) is 4.59. The van der Waals surface area contributed by atoms with Gasteiger partial charge in [0.15, 0.2) is 12.4 Å². The number of amides is 1. The average molecular weight is 316 g/mol. The van der Waals surface area contributed by atoms with E-state index in [1.165, 1.54) is 24.0 Å². The van der Waals surface area contributed by atoms with Crippen molar-refractivity contribution in [1.82, 2.24) is 0 Å². The van der Waals surface area contributed by atoms with Crippen LogP contribution in [0.1, 0.15) is 29.5 Å². The molecule has 114 valence electrons. The maximum Gasteiger partial charge on any atom is 0.290 e. The van der Waals surface area contributed by atoms with E-state index in [0.29, 0.717) is 11.6 Å². The van der Waals surface area contributed by atoms with Crippen molar-refractivity contribution in [3.63, 3.8) is 0 Å². The van der Waals surface area contributed by atoms with Gasteiger partial charge in [0.1, 0.15) is 0 Å². The van der Waals surface area contributed by atoms with Crippen molar-refractivity contribution in [1.29, 1.82) is 0 Å². The Hall–Kier alpha value is -1.87. The van der Waals surface area contributed by atoms with Crippen molar-refractivity contribution in [2.45, 2.75) is 39.2 Å². The van der Waals surface area contributed by atoms with E-state index in [9.17, 15) is 4.79 Å². The molecular formula is C18H20ClN2O+. The molecule has 1 aliphatic rings. The molecule has 0 spiro atoms. The summed E-state index contributed by atoms with van der Waals surface area (Å²) in [6.07, 6.45) is 8.90. The lowest BCUT2D eigenvalue weighted by Gasteiger charge is -2.13. The van der Waals surface area contributed by atoms with Crippen molar-refractivity contribution < 1.29 is 9.36 Å². The number of hydrogen-bond donors (Lipinski definition) is 1. The Balaban J connectivity index is 1.69. The lowest BCUT2D eigenvalue weighted by molar-refractivity contribution is -0.684.